The topological polar surface area (TPSA) is 17.1 Å². The first-order valence-electron chi connectivity index (χ1n) is 3.74. The number of carbonyl (C=O) groups excluding carboxylic acids is 1. The van der Waals surface area contributed by atoms with Crippen molar-refractivity contribution < 1.29 is 13.6 Å². The molecule has 0 atom stereocenters. The fourth-order valence-electron chi connectivity index (χ4n) is 0.871. The molecule has 3 heteroatoms. The highest BCUT2D eigenvalue weighted by molar-refractivity contribution is 5.91. The molecule has 0 aliphatic heterocycles. The molecule has 0 spiro atoms. The average molecular weight is 182 g/mol. The number of ketones is 1. The molecule has 0 N–H and O–H groups in total. The van der Waals surface area contributed by atoms with Crippen LogP contribution < -0.4 is 0 Å². The Bertz CT molecular complexity index is 336. The van der Waals surface area contributed by atoms with Crippen molar-refractivity contribution in [2.45, 2.75) is 6.92 Å². The summed E-state index contributed by atoms with van der Waals surface area (Å²) in [5.74, 6) is -1.59. The summed E-state index contributed by atoms with van der Waals surface area (Å²) in [6.45, 7) is 1.31. The zero-order chi connectivity index (χ0) is 9.84. The van der Waals surface area contributed by atoms with Gasteiger partial charge >= 0.3 is 0 Å². The van der Waals surface area contributed by atoms with Gasteiger partial charge in [0.25, 0.3) is 0 Å². The predicted octanol–water partition coefficient (Wildman–Crippen LogP) is 2.57. The summed E-state index contributed by atoms with van der Waals surface area (Å²) in [5, 5.41) is 0. The third-order valence-corrected chi connectivity index (χ3v) is 1.48. The van der Waals surface area contributed by atoms with Crippen molar-refractivity contribution in [1.29, 1.82) is 0 Å². The van der Waals surface area contributed by atoms with Crippen molar-refractivity contribution in [2.24, 2.45) is 0 Å². The first-order valence-corrected chi connectivity index (χ1v) is 3.74. The molecule has 0 heterocycles. The highest BCUT2D eigenvalue weighted by atomic mass is 19.1. The molecule has 0 aliphatic rings. The fraction of sp³-hybridized carbons (Fsp3) is 0.100. The van der Waals surface area contributed by atoms with Gasteiger partial charge in [0, 0.05) is 5.56 Å². The lowest BCUT2D eigenvalue weighted by Crippen LogP contribution is -1.88. The summed E-state index contributed by atoms with van der Waals surface area (Å²) >= 11 is 0. The second kappa shape index (κ2) is 3.94. The van der Waals surface area contributed by atoms with E-state index in [9.17, 15) is 13.6 Å². The van der Waals surface area contributed by atoms with Gasteiger partial charge < -0.3 is 0 Å². The zero-order valence-corrected chi connectivity index (χ0v) is 7.05. The van der Waals surface area contributed by atoms with E-state index in [1.807, 2.05) is 0 Å². The van der Waals surface area contributed by atoms with Crippen molar-refractivity contribution in [3.05, 3.63) is 41.5 Å². The van der Waals surface area contributed by atoms with Gasteiger partial charge in [0.2, 0.25) is 0 Å². The van der Waals surface area contributed by atoms with Crippen LogP contribution in [-0.4, -0.2) is 5.78 Å². The van der Waals surface area contributed by atoms with Gasteiger partial charge in [-0.2, -0.15) is 0 Å². The lowest BCUT2D eigenvalue weighted by atomic mass is 10.2. The number of allylic oxidation sites excluding steroid dienone is 1. The zero-order valence-electron chi connectivity index (χ0n) is 7.05. The number of rotatable bonds is 2. The highest BCUT2D eigenvalue weighted by Gasteiger charge is 2.03. The van der Waals surface area contributed by atoms with Crippen LogP contribution in [0, 0.1) is 11.6 Å². The van der Waals surface area contributed by atoms with Gasteiger partial charge in [-0.1, -0.05) is 6.07 Å². The van der Waals surface area contributed by atoms with Crippen LogP contribution in [-0.2, 0) is 4.79 Å². The van der Waals surface area contributed by atoms with Crippen molar-refractivity contribution in [3.8, 4) is 0 Å². The Morgan fingerprint density at radius 1 is 1.31 bits per heavy atom. The van der Waals surface area contributed by atoms with Crippen molar-refractivity contribution in [3.63, 3.8) is 0 Å². The molecule has 13 heavy (non-hydrogen) atoms. The number of hydrogen-bond acceptors (Lipinski definition) is 1. The van der Waals surface area contributed by atoms with E-state index in [1.54, 1.807) is 0 Å². The summed E-state index contributed by atoms with van der Waals surface area (Å²) in [5.41, 5.74) is -0.183. The molecule has 0 radical (unpaired) electrons. The molecule has 0 amide bonds. The van der Waals surface area contributed by atoms with Gasteiger partial charge in [-0.05, 0) is 31.2 Å². The Hall–Kier alpha value is -1.51. The Balaban J connectivity index is 3.06. The minimum absolute atomic E-state index is 0.183. The molecular weight excluding hydrogens is 174 g/mol. The van der Waals surface area contributed by atoms with E-state index in [0.717, 1.165) is 24.3 Å². The molecule has 1 nitrogen and oxygen atoms in total. The van der Waals surface area contributed by atoms with Crippen LogP contribution >= 0.6 is 0 Å². The maximum absolute atomic E-state index is 12.9. The summed E-state index contributed by atoms with van der Waals surface area (Å²) in [4.78, 5) is 10.5. The number of benzene rings is 1. The van der Waals surface area contributed by atoms with Gasteiger partial charge in [0.1, 0.15) is 11.6 Å². The van der Waals surface area contributed by atoms with Crippen LogP contribution in [0.25, 0.3) is 6.08 Å². The first-order chi connectivity index (χ1) is 6.11. The molecule has 0 bridgehead atoms. The Morgan fingerprint density at radius 3 is 2.31 bits per heavy atom. The second-order valence-electron chi connectivity index (χ2n) is 2.58. The SMILES string of the molecule is CC(=O)/C=C/c1c(F)cccc1F. The quantitative estimate of drug-likeness (QED) is 0.642. The van der Waals surface area contributed by atoms with Crippen LogP contribution in [0.1, 0.15) is 12.5 Å². The molecule has 68 valence electrons. The second-order valence-corrected chi connectivity index (χ2v) is 2.58. The minimum Gasteiger partial charge on any atom is -0.295 e. The van der Waals surface area contributed by atoms with E-state index in [0.29, 0.717) is 0 Å². The van der Waals surface area contributed by atoms with Gasteiger partial charge in [-0.25, -0.2) is 8.78 Å². The van der Waals surface area contributed by atoms with E-state index in [4.69, 9.17) is 0 Å². The van der Waals surface area contributed by atoms with E-state index in [2.05, 4.69) is 0 Å². The number of halogens is 2. The van der Waals surface area contributed by atoms with E-state index >= 15 is 0 Å². The van der Waals surface area contributed by atoms with Gasteiger partial charge in [-0.15, -0.1) is 0 Å². The molecule has 1 aromatic rings. The van der Waals surface area contributed by atoms with E-state index < -0.39 is 11.6 Å². The van der Waals surface area contributed by atoms with Crippen molar-refractivity contribution >= 4 is 11.9 Å². The third-order valence-electron chi connectivity index (χ3n) is 1.48. The van der Waals surface area contributed by atoms with Crippen LogP contribution in [0.5, 0.6) is 0 Å². The molecule has 0 saturated carbocycles. The van der Waals surface area contributed by atoms with Crippen molar-refractivity contribution in [1.82, 2.24) is 0 Å². The molecule has 0 saturated heterocycles. The maximum Gasteiger partial charge on any atom is 0.152 e. The van der Waals surface area contributed by atoms with Crippen molar-refractivity contribution in [2.75, 3.05) is 0 Å². The summed E-state index contributed by atoms with van der Waals surface area (Å²) in [7, 11) is 0. The first kappa shape index (κ1) is 9.58. The van der Waals surface area contributed by atoms with Crippen LogP contribution in [0.3, 0.4) is 0 Å². The monoisotopic (exact) mass is 182 g/mol. The van der Waals surface area contributed by atoms with E-state index in [1.165, 1.54) is 13.0 Å². The Labute approximate surface area is 74.7 Å². The molecular formula is C10H8F2O. The van der Waals surface area contributed by atoms with Crippen LogP contribution in [0.4, 0.5) is 8.78 Å². The smallest absolute Gasteiger partial charge is 0.152 e. The van der Waals surface area contributed by atoms with Gasteiger partial charge in [0.05, 0.1) is 0 Å². The van der Waals surface area contributed by atoms with Crippen LogP contribution in [0.2, 0.25) is 0 Å². The molecule has 0 aliphatic carbocycles. The number of hydrogen-bond donors (Lipinski definition) is 0. The maximum atomic E-state index is 12.9. The minimum atomic E-state index is -0.669. The van der Waals surface area contributed by atoms with E-state index in [-0.39, 0.29) is 11.3 Å². The average Bonchev–Trinajstić information content (AvgIpc) is 2.03. The molecule has 0 fully saturated rings. The third kappa shape index (κ3) is 2.47. The van der Waals surface area contributed by atoms with Gasteiger partial charge in [-0.3, -0.25) is 4.79 Å². The number of carbonyl (C=O) groups is 1. The largest absolute Gasteiger partial charge is 0.295 e. The Kier molecular flexibility index (Phi) is 2.90. The molecule has 1 rings (SSSR count). The lowest BCUT2D eigenvalue weighted by Gasteiger charge is -1.96. The molecule has 0 unspecified atom stereocenters. The fourth-order valence-corrected chi connectivity index (χ4v) is 0.871. The Morgan fingerprint density at radius 2 is 1.85 bits per heavy atom. The predicted molar refractivity (Wildman–Crippen MR) is 46.1 cm³/mol. The molecule has 1 aromatic carbocycles. The highest BCUT2D eigenvalue weighted by Crippen LogP contribution is 2.13. The molecule has 0 aromatic heterocycles. The summed E-state index contributed by atoms with van der Waals surface area (Å²) < 4.78 is 25.8. The normalized spacial score (nSPS) is 10.7. The summed E-state index contributed by atoms with van der Waals surface area (Å²) in [6, 6.07) is 3.56. The van der Waals surface area contributed by atoms with Crippen LogP contribution in [0.15, 0.2) is 24.3 Å². The standard InChI is InChI=1S/C10H8F2O/c1-7(13)5-6-8-9(11)3-2-4-10(8)12/h2-6H,1H3/b6-5+. The lowest BCUT2D eigenvalue weighted by molar-refractivity contribution is -0.112. The van der Waals surface area contributed by atoms with Gasteiger partial charge in [0.15, 0.2) is 5.78 Å². The summed E-state index contributed by atoms with van der Waals surface area (Å²) in [6.07, 6.45) is 2.26.